The van der Waals surface area contributed by atoms with Crippen molar-refractivity contribution < 1.29 is 9.47 Å². The number of hydrogen-bond donors (Lipinski definition) is 1. The second kappa shape index (κ2) is 6.68. The fourth-order valence-electron chi connectivity index (χ4n) is 1.67. The van der Waals surface area contributed by atoms with E-state index >= 15 is 0 Å². The Morgan fingerprint density at radius 3 is 2.70 bits per heavy atom. The zero-order chi connectivity index (χ0) is 14.7. The van der Waals surface area contributed by atoms with E-state index in [4.69, 9.17) is 15.2 Å². The molecule has 0 spiro atoms. The number of halogens is 2. The number of nitrogens with zero attached hydrogens (tertiary/aromatic N) is 2. The highest BCUT2D eigenvalue weighted by molar-refractivity contribution is 14.1. The molecule has 0 fully saturated rings. The number of benzene rings is 1. The molecule has 5 nitrogen and oxygen atoms in total. The van der Waals surface area contributed by atoms with Crippen molar-refractivity contribution in [3.05, 3.63) is 31.9 Å². The molecule has 1 heterocycles. The van der Waals surface area contributed by atoms with Crippen LogP contribution in [0.25, 0.3) is 11.4 Å². The number of rotatable bonds is 4. The maximum atomic E-state index is 5.95. The van der Waals surface area contributed by atoms with Gasteiger partial charge < -0.3 is 15.2 Å². The molecule has 0 unspecified atom stereocenters. The lowest BCUT2D eigenvalue weighted by Gasteiger charge is -2.10. The average Bonchev–Trinajstić information content (AvgIpc) is 2.44. The maximum absolute atomic E-state index is 5.95. The van der Waals surface area contributed by atoms with Crippen molar-refractivity contribution in [3.8, 4) is 17.1 Å². The number of aromatic nitrogens is 2. The molecule has 0 atom stereocenters. The molecule has 1 aromatic heterocycles. The molecule has 20 heavy (non-hydrogen) atoms. The van der Waals surface area contributed by atoms with Gasteiger partial charge in [-0.15, -0.1) is 0 Å². The van der Waals surface area contributed by atoms with Crippen molar-refractivity contribution in [1.82, 2.24) is 9.97 Å². The summed E-state index contributed by atoms with van der Waals surface area (Å²) < 4.78 is 12.1. The molecular formula is C13H13BrIN3O2. The van der Waals surface area contributed by atoms with Crippen molar-refractivity contribution in [2.75, 3.05) is 20.0 Å². The predicted molar refractivity (Wildman–Crippen MR) is 89.6 cm³/mol. The van der Waals surface area contributed by atoms with Crippen molar-refractivity contribution in [3.63, 3.8) is 0 Å². The Labute approximate surface area is 139 Å². The topological polar surface area (TPSA) is 70.3 Å². The van der Waals surface area contributed by atoms with E-state index in [0.29, 0.717) is 18.2 Å². The minimum atomic E-state index is 0.388. The summed E-state index contributed by atoms with van der Waals surface area (Å²) in [6, 6.07) is 5.61. The van der Waals surface area contributed by atoms with Crippen LogP contribution in [0.2, 0.25) is 0 Å². The molecule has 2 aromatic rings. The molecular weight excluding hydrogens is 437 g/mol. The maximum Gasteiger partial charge on any atom is 0.163 e. The van der Waals surface area contributed by atoms with Gasteiger partial charge in [-0.25, -0.2) is 9.97 Å². The van der Waals surface area contributed by atoms with Gasteiger partial charge in [0.1, 0.15) is 11.6 Å². The number of methoxy groups -OCH3 is 2. The highest BCUT2D eigenvalue weighted by Gasteiger charge is 2.14. The van der Waals surface area contributed by atoms with Crippen LogP contribution in [-0.4, -0.2) is 24.2 Å². The zero-order valence-electron chi connectivity index (χ0n) is 11.0. The Hall–Kier alpha value is -0.930. The van der Waals surface area contributed by atoms with Gasteiger partial charge in [-0.1, -0.05) is 15.9 Å². The Balaban J connectivity index is 2.57. The van der Waals surface area contributed by atoms with E-state index in [1.807, 2.05) is 18.2 Å². The molecule has 0 radical (unpaired) electrons. The van der Waals surface area contributed by atoms with Gasteiger partial charge in [-0.05, 0) is 40.8 Å². The van der Waals surface area contributed by atoms with Crippen molar-refractivity contribution in [1.29, 1.82) is 0 Å². The molecule has 7 heteroatoms. The van der Waals surface area contributed by atoms with E-state index in [1.165, 1.54) is 0 Å². The van der Waals surface area contributed by atoms with Crippen molar-refractivity contribution in [2.45, 2.75) is 6.61 Å². The molecule has 2 N–H and O–H groups in total. The Kier molecular flexibility index (Phi) is 5.17. The van der Waals surface area contributed by atoms with Crippen molar-refractivity contribution >= 4 is 44.3 Å². The Morgan fingerprint density at radius 1 is 1.30 bits per heavy atom. The van der Waals surface area contributed by atoms with Crippen LogP contribution in [0, 0.1) is 3.57 Å². The number of ether oxygens (including phenoxy) is 2. The van der Waals surface area contributed by atoms with Gasteiger partial charge in [0.15, 0.2) is 5.82 Å². The van der Waals surface area contributed by atoms with Gasteiger partial charge in [0, 0.05) is 17.1 Å². The summed E-state index contributed by atoms with van der Waals surface area (Å²) in [6.07, 6.45) is 0. The minimum Gasteiger partial charge on any atom is -0.497 e. The Morgan fingerprint density at radius 2 is 2.05 bits per heavy atom. The molecule has 0 aliphatic rings. The van der Waals surface area contributed by atoms with Crippen LogP contribution in [0.15, 0.2) is 22.7 Å². The second-order valence-electron chi connectivity index (χ2n) is 3.97. The molecule has 0 saturated carbocycles. The molecule has 106 valence electrons. The van der Waals surface area contributed by atoms with Gasteiger partial charge in [0.25, 0.3) is 0 Å². The summed E-state index contributed by atoms with van der Waals surface area (Å²) in [7, 11) is 3.24. The van der Waals surface area contributed by atoms with E-state index in [9.17, 15) is 0 Å². The lowest BCUT2D eigenvalue weighted by Crippen LogP contribution is -2.06. The second-order valence-corrected chi connectivity index (χ2v) is 5.91. The largest absolute Gasteiger partial charge is 0.497 e. The normalized spacial score (nSPS) is 10.6. The quantitative estimate of drug-likeness (QED) is 0.725. The molecule has 0 saturated heterocycles. The third-order valence-corrected chi connectivity index (χ3v) is 4.51. The van der Waals surface area contributed by atoms with Gasteiger partial charge in [0.05, 0.1) is 23.0 Å². The SMILES string of the molecule is COCc1nc(-c2cc(OC)ccc2Br)nc(N)c1I. The van der Waals surface area contributed by atoms with Gasteiger partial charge in [-0.3, -0.25) is 0 Å². The molecule has 0 aliphatic carbocycles. The first kappa shape index (κ1) is 15.5. The molecule has 2 rings (SSSR count). The first-order valence-electron chi connectivity index (χ1n) is 5.71. The highest BCUT2D eigenvalue weighted by Crippen LogP contribution is 2.31. The van der Waals surface area contributed by atoms with Crippen LogP contribution < -0.4 is 10.5 Å². The number of anilines is 1. The van der Waals surface area contributed by atoms with Crippen LogP contribution in [-0.2, 0) is 11.3 Å². The fourth-order valence-corrected chi connectivity index (χ4v) is 2.49. The van der Waals surface area contributed by atoms with E-state index in [2.05, 4.69) is 48.5 Å². The highest BCUT2D eigenvalue weighted by atomic mass is 127. The van der Waals surface area contributed by atoms with Crippen LogP contribution in [0.4, 0.5) is 5.82 Å². The van der Waals surface area contributed by atoms with Crippen LogP contribution in [0.1, 0.15) is 5.69 Å². The first-order valence-corrected chi connectivity index (χ1v) is 7.58. The van der Waals surface area contributed by atoms with Gasteiger partial charge >= 0.3 is 0 Å². The molecule has 0 amide bonds. The minimum absolute atomic E-state index is 0.388. The number of nitrogen functional groups attached to an aromatic ring is 1. The summed E-state index contributed by atoms with van der Waals surface area (Å²) >= 11 is 5.61. The van der Waals surface area contributed by atoms with E-state index < -0.39 is 0 Å². The summed E-state index contributed by atoms with van der Waals surface area (Å²) in [4.78, 5) is 8.86. The van der Waals surface area contributed by atoms with Crippen LogP contribution in [0.5, 0.6) is 5.75 Å². The third kappa shape index (κ3) is 3.21. The van der Waals surface area contributed by atoms with E-state index in [-0.39, 0.29) is 0 Å². The lowest BCUT2D eigenvalue weighted by molar-refractivity contribution is 0.181. The average molecular weight is 450 g/mol. The Bertz CT molecular complexity index is 637. The summed E-state index contributed by atoms with van der Waals surface area (Å²) in [5, 5.41) is 0. The van der Waals surface area contributed by atoms with E-state index in [0.717, 1.165) is 25.0 Å². The summed E-state index contributed by atoms with van der Waals surface area (Å²) in [5.74, 6) is 1.72. The zero-order valence-corrected chi connectivity index (χ0v) is 14.7. The van der Waals surface area contributed by atoms with Crippen molar-refractivity contribution in [2.24, 2.45) is 0 Å². The van der Waals surface area contributed by atoms with Crippen LogP contribution in [0.3, 0.4) is 0 Å². The standard InChI is InChI=1S/C13H13BrIN3O2/c1-19-6-10-11(15)12(16)18-13(17-10)8-5-7(20-2)3-4-9(8)14/h3-5H,6H2,1-2H3,(H2,16,17,18). The van der Waals surface area contributed by atoms with Gasteiger partial charge in [-0.2, -0.15) is 0 Å². The predicted octanol–water partition coefficient (Wildman–Crippen LogP) is 3.25. The molecule has 0 bridgehead atoms. The third-order valence-electron chi connectivity index (χ3n) is 2.64. The first-order chi connectivity index (χ1) is 9.56. The summed E-state index contributed by atoms with van der Waals surface area (Å²) in [6.45, 7) is 0.388. The summed E-state index contributed by atoms with van der Waals surface area (Å²) in [5.41, 5.74) is 7.54. The molecule has 1 aromatic carbocycles. The number of hydrogen-bond acceptors (Lipinski definition) is 5. The monoisotopic (exact) mass is 449 g/mol. The van der Waals surface area contributed by atoms with E-state index in [1.54, 1.807) is 14.2 Å². The lowest BCUT2D eigenvalue weighted by atomic mass is 10.2. The fraction of sp³-hybridized carbons (Fsp3) is 0.231. The smallest absolute Gasteiger partial charge is 0.163 e. The van der Waals surface area contributed by atoms with Gasteiger partial charge in [0.2, 0.25) is 0 Å². The number of nitrogens with two attached hydrogens (primary N) is 1. The molecule has 0 aliphatic heterocycles. The van der Waals surface area contributed by atoms with Crippen LogP contribution >= 0.6 is 38.5 Å².